The molecule has 1 N–H and O–H groups in total. The van der Waals surface area contributed by atoms with Crippen molar-refractivity contribution in [3.05, 3.63) is 35.9 Å². The summed E-state index contributed by atoms with van der Waals surface area (Å²) in [6.45, 7) is 0.859. The van der Waals surface area contributed by atoms with E-state index in [1.807, 2.05) is 30.0 Å². The highest BCUT2D eigenvalue weighted by atomic mass is 32.2. The van der Waals surface area contributed by atoms with Gasteiger partial charge in [-0.1, -0.05) is 43.2 Å². The topological polar surface area (TPSA) is 32.3 Å². The minimum Gasteiger partial charge on any atom is -0.324 e. The number of carbonyl (C=O) groups excluding carboxylic acids is 1. The number of nitrogens with zero attached hydrogens (tertiary/aromatic N) is 1. The van der Waals surface area contributed by atoms with E-state index < -0.39 is 0 Å². The summed E-state index contributed by atoms with van der Waals surface area (Å²) in [6.07, 6.45) is 7.46. The van der Waals surface area contributed by atoms with Gasteiger partial charge >= 0.3 is 0 Å². The van der Waals surface area contributed by atoms with E-state index in [9.17, 15) is 4.79 Å². The van der Waals surface area contributed by atoms with Crippen LogP contribution in [0.4, 0.5) is 0 Å². The van der Waals surface area contributed by atoms with E-state index in [1.54, 1.807) is 0 Å². The molecule has 0 radical (unpaired) electrons. The summed E-state index contributed by atoms with van der Waals surface area (Å²) in [5, 5.41) is 3.63. The van der Waals surface area contributed by atoms with E-state index >= 15 is 0 Å². The first kappa shape index (κ1) is 14.9. The molecule has 21 heavy (non-hydrogen) atoms. The molecule has 1 heterocycles. The molecule has 4 heteroatoms. The monoisotopic (exact) mass is 304 g/mol. The highest BCUT2D eigenvalue weighted by Crippen LogP contribution is 2.35. The molecule has 114 valence electrons. The quantitative estimate of drug-likeness (QED) is 0.907. The number of benzene rings is 1. The maximum Gasteiger partial charge on any atom is 0.245 e. The molecule has 0 spiro atoms. The van der Waals surface area contributed by atoms with Crippen molar-refractivity contribution in [2.24, 2.45) is 5.92 Å². The van der Waals surface area contributed by atoms with E-state index in [1.165, 1.54) is 25.7 Å². The highest BCUT2D eigenvalue weighted by molar-refractivity contribution is 7.98. The maximum atomic E-state index is 12.8. The fourth-order valence-electron chi connectivity index (χ4n) is 3.62. The molecule has 3 nitrogen and oxygen atoms in total. The predicted octanol–water partition coefficient (Wildman–Crippen LogP) is 3.04. The number of rotatable bonds is 5. The van der Waals surface area contributed by atoms with Gasteiger partial charge in [0.2, 0.25) is 5.91 Å². The van der Waals surface area contributed by atoms with Crippen molar-refractivity contribution in [3.63, 3.8) is 0 Å². The van der Waals surface area contributed by atoms with Gasteiger partial charge in [-0.2, -0.15) is 11.8 Å². The third kappa shape index (κ3) is 3.11. The van der Waals surface area contributed by atoms with Crippen molar-refractivity contribution in [1.82, 2.24) is 10.2 Å². The lowest BCUT2D eigenvalue weighted by Gasteiger charge is -2.28. The average molecular weight is 304 g/mol. The Balaban J connectivity index is 1.80. The van der Waals surface area contributed by atoms with E-state index in [0.717, 1.165) is 17.9 Å². The van der Waals surface area contributed by atoms with Crippen LogP contribution in [0, 0.1) is 5.92 Å². The Bertz CT molecular complexity index is 473. The molecule has 0 bridgehead atoms. The standard InChI is InChI=1S/C17H24N2OS/c1-21-12-11-19-16(14-9-5-6-10-14)18-15(17(19)20)13-7-3-2-4-8-13/h2-4,7-8,14-16,18H,5-6,9-12H2,1H3. The highest BCUT2D eigenvalue weighted by Gasteiger charge is 2.43. The van der Waals surface area contributed by atoms with Crippen LogP contribution in [0.15, 0.2) is 30.3 Å². The fourth-order valence-corrected chi connectivity index (χ4v) is 4.00. The van der Waals surface area contributed by atoms with Crippen LogP contribution >= 0.6 is 11.8 Å². The van der Waals surface area contributed by atoms with Gasteiger partial charge in [-0.15, -0.1) is 0 Å². The van der Waals surface area contributed by atoms with Crippen molar-refractivity contribution < 1.29 is 4.79 Å². The third-order valence-corrected chi connectivity index (χ3v) is 5.31. The summed E-state index contributed by atoms with van der Waals surface area (Å²) >= 11 is 1.81. The number of hydrogen-bond donors (Lipinski definition) is 1. The first-order chi connectivity index (χ1) is 10.3. The average Bonchev–Trinajstić information content (AvgIpc) is 3.14. The summed E-state index contributed by atoms with van der Waals surface area (Å²) in [5.74, 6) is 1.90. The summed E-state index contributed by atoms with van der Waals surface area (Å²) in [6, 6.07) is 9.99. The molecule has 3 rings (SSSR count). The smallest absolute Gasteiger partial charge is 0.245 e. The summed E-state index contributed by atoms with van der Waals surface area (Å²) < 4.78 is 0. The van der Waals surface area contributed by atoms with E-state index in [0.29, 0.717) is 5.92 Å². The lowest BCUT2D eigenvalue weighted by molar-refractivity contribution is -0.130. The molecule has 1 aromatic carbocycles. The van der Waals surface area contributed by atoms with Gasteiger partial charge in [-0.3, -0.25) is 10.1 Å². The van der Waals surface area contributed by atoms with Gasteiger partial charge in [-0.25, -0.2) is 0 Å². The maximum absolute atomic E-state index is 12.8. The van der Waals surface area contributed by atoms with Gasteiger partial charge in [0.05, 0.1) is 6.17 Å². The van der Waals surface area contributed by atoms with E-state index in [4.69, 9.17) is 0 Å². The molecule has 1 amide bonds. The Labute approximate surface area is 131 Å². The SMILES string of the molecule is CSCCN1C(=O)C(c2ccccc2)NC1C1CCCC1. The molecule has 1 saturated heterocycles. The summed E-state index contributed by atoms with van der Waals surface area (Å²) in [7, 11) is 0. The third-order valence-electron chi connectivity index (χ3n) is 4.72. The second-order valence-electron chi connectivity index (χ2n) is 6.02. The minimum atomic E-state index is -0.154. The van der Waals surface area contributed by atoms with Gasteiger partial charge in [-0.05, 0) is 30.6 Å². The van der Waals surface area contributed by atoms with Crippen LogP contribution in [0.1, 0.15) is 37.3 Å². The zero-order chi connectivity index (χ0) is 14.7. The zero-order valence-electron chi connectivity index (χ0n) is 12.6. The number of carbonyl (C=O) groups is 1. The fraction of sp³-hybridized carbons (Fsp3) is 0.588. The predicted molar refractivity (Wildman–Crippen MR) is 88.2 cm³/mol. The van der Waals surface area contributed by atoms with Crippen LogP contribution in [0.2, 0.25) is 0 Å². The van der Waals surface area contributed by atoms with Gasteiger partial charge in [0.25, 0.3) is 0 Å². The van der Waals surface area contributed by atoms with Crippen molar-refractivity contribution in [2.45, 2.75) is 37.9 Å². The Hall–Kier alpha value is -1.00. The Morgan fingerprint density at radius 3 is 2.62 bits per heavy atom. The molecule has 1 saturated carbocycles. The van der Waals surface area contributed by atoms with Gasteiger partial charge < -0.3 is 4.90 Å². The molecular formula is C17H24N2OS. The first-order valence-electron chi connectivity index (χ1n) is 7.91. The minimum absolute atomic E-state index is 0.154. The van der Waals surface area contributed by atoms with Crippen LogP contribution in [0.3, 0.4) is 0 Å². The molecule has 1 aliphatic heterocycles. The molecular weight excluding hydrogens is 280 g/mol. The second kappa shape index (κ2) is 6.84. The number of thioether (sulfide) groups is 1. The normalized spacial score (nSPS) is 26.7. The number of nitrogens with one attached hydrogen (secondary N) is 1. The lowest BCUT2D eigenvalue weighted by atomic mass is 10.0. The molecule has 2 aliphatic rings. The Morgan fingerprint density at radius 1 is 1.24 bits per heavy atom. The number of hydrogen-bond acceptors (Lipinski definition) is 3. The Morgan fingerprint density at radius 2 is 1.95 bits per heavy atom. The molecule has 2 fully saturated rings. The summed E-state index contributed by atoms with van der Waals surface area (Å²) in [4.78, 5) is 14.9. The van der Waals surface area contributed by atoms with Crippen LogP contribution < -0.4 is 5.32 Å². The molecule has 2 unspecified atom stereocenters. The molecule has 0 aromatic heterocycles. The van der Waals surface area contributed by atoms with Gasteiger partial charge in [0.15, 0.2) is 0 Å². The van der Waals surface area contributed by atoms with Crippen LogP contribution in [0.5, 0.6) is 0 Å². The first-order valence-corrected chi connectivity index (χ1v) is 9.31. The largest absolute Gasteiger partial charge is 0.324 e. The van der Waals surface area contributed by atoms with Crippen LogP contribution in [0.25, 0.3) is 0 Å². The van der Waals surface area contributed by atoms with Crippen LogP contribution in [-0.2, 0) is 4.79 Å². The molecule has 1 aliphatic carbocycles. The van der Waals surface area contributed by atoms with Crippen molar-refractivity contribution >= 4 is 17.7 Å². The van der Waals surface area contributed by atoms with Crippen molar-refractivity contribution in [3.8, 4) is 0 Å². The zero-order valence-corrected chi connectivity index (χ0v) is 13.4. The number of amides is 1. The van der Waals surface area contributed by atoms with Crippen LogP contribution in [-0.4, -0.2) is 35.5 Å². The Kier molecular flexibility index (Phi) is 4.86. The summed E-state index contributed by atoms with van der Waals surface area (Å²) in [5.41, 5.74) is 1.09. The second-order valence-corrected chi connectivity index (χ2v) is 7.01. The van der Waals surface area contributed by atoms with Crippen molar-refractivity contribution in [1.29, 1.82) is 0 Å². The molecule has 2 atom stereocenters. The van der Waals surface area contributed by atoms with E-state index in [2.05, 4.69) is 28.6 Å². The lowest BCUT2D eigenvalue weighted by Crippen LogP contribution is -2.43. The van der Waals surface area contributed by atoms with Crippen molar-refractivity contribution in [2.75, 3.05) is 18.6 Å². The van der Waals surface area contributed by atoms with Gasteiger partial charge in [0.1, 0.15) is 6.04 Å². The molecule has 1 aromatic rings. The van der Waals surface area contributed by atoms with E-state index in [-0.39, 0.29) is 18.1 Å². The van der Waals surface area contributed by atoms with Gasteiger partial charge in [0, 0.05) is 12.3 Å².